The van der Waals surface area contributed by atoms with Crippen LogP contribution in [0.5, 0.6) is 0 Å². The van der Waals surface area contributed by atoms with E-state index in [-0.39, 0.29) is 5.97 Å². The monoisotopic (exact) mass is 396 g/mol. The van der Waals surface area contributed by atoms with Gasteiger partial charge in [0, 0.05) is 14.8 Å². The second-order valence-electron chi connectivity index (χ2n) is 4.15. The summed E-state index contributed by atoms with van der Waals surface area (Å²) < 4.78 is 6.75. The van der Waals surface area contributed by atoms with Gasteiger partial charge in [-0.05, 0) is 42.2 Å². The zero-order chi connectivity index (χ0) is 13.8. The molecule has 5 heteroatoms. The van der Waals surface area contributed by atoms with Crippen LogP contribution in [-0.4, -0.2) is 13.1 Å². The molecule has 0 unspecified atom stereocenters. The Kier molecular flexibility index (Phi) is 6.01. The molecule has 0 saturated heterocycles. The Labute approximate surface area is 130 Å². The molecule has 1 rings (SSSR count). The minimum absolute atomic E-state index is 0.244. The van der Waals surface area contributed by atoms with Crippen LogP contribution >= 0.6 is 46.0 Å². The minimum atomic E-state index is -0.653. The number of thioether (sulfide) groups is 1. The van der Waals surface area contributed by atoms with Crippen molar-refractivity contribution >= 4 is 51.9 Å². The highest BCUT2D eigenvalue weighted by molar-refractivity contribution is 14.1. The molecule has 18 heavy (non-hydrogen) atoms. The fraction of sp³-hybridized carbons (Fsp3) is 0.308. The maximum atomic E-state index is 11.8. The van der Waals surface area contributed by atoms with E-state index >= 15 is 0 Å². The Balaban J connectivity index is 2.92. The van der Waals surface area contributed by atoms with Gasteiger partial charge >= 0.3 is 5.97 Å². The van der Waals surface area contributed by atoms with E-state index in [0.717, 1.165) is 9.80 Å². The summed E-state index contributed by atoms with van der Waals surface area (Å²) >= 11 is 9.53. The van der Waals surface area contributed by atoms with Gasteiger partial charge in [-0.2, -0.15) is 0 Å². The van der Waals surface area contributed by atoms with Crippen LogP contribution in [0.1, 0.15) is 13.8 Å². The van der Waals surface area contributed by atoms with Gasteiger partial charge in [-0.15, -0.1) is 0 Å². The van der Waals surface area contributed by atoms with Gasteiger partial charge in [-0.1, -0.05) is 46.0 Å². The van der Waals surface area contributed by atoms with E-state index in [1.54, 1.807) is 11.8 Å². The molecular weight excluding hydrogens is 383 g/mol. The zero-order valence-corrected chi connectivity index (χ0v) is 14.1. The van der Waals surface area contributed by atoms with E-state index in [1.165, 1.54) is 7.11 Å². The molecule has 0 bridgehead atoms. The van der Waals surface area contributed by atoms with E-state index in [1.807, 2.05) is 42.2 Å². The first kappa shape index (κ1) is 15.9. The van der Waals surface area contributed by atoms with Gasteiger partial charge < -0.3 is 4.74 Å². The van der Waals surface area contributed by atoms with Gasteiger partial charge in [0.05, 0.1) is 12.5 Å². The van der Waals surface area contributed by atoms with Crippen molar-refractivity contribution in [2.75, 3.05) is 7.11 Å². The summed E-state index contributed by atoms with van der Waals surface area (Å²) in [6.45, 7) is 3.71. The summed E-state index contributed by atoms with van der Waals surface area (Å²) in [5, 5.41) is 0.701. The van der Waals surface area contributed by atoms with E-state index < -0.39 is 5.41 Å². The molecule has 0 fully saturated rings. The molecule has 0 heterocycles. The summed E-state index contributed by atoms with van der Waals surface area (Å²) in [6.07, 6.45) is 0. The van der Waals surface area contributed by atoms with Gasteiger partial charge in [0.25, 0.3) is 0 Å². The lowest BCUT2D eigenvalue weighted by Gasteiger charge is -2.24. The summed E-state index contributed by atoms with van der Waals surface area (Å²) in [7, 11) is 1.40. The van der Waals surface area contributed by atoms with Crippen LogP contribution in [-0.2, 0) is 9.53 Å². The van der Waals surface area contributed by atoms with Crippen LogP contribution in [0.3, 0.4) is 0 Å². The van der Waals surface area contributed by atoms with Gasteiger partial charge in [-0.25, -0.2) is 0 Å². The normalized spacial score (nSPS) is 12.4. The maximum Gasteiger partial charge on any atom is 0.316 e. The van der Waals surface area contributed by atoms with Crippen molar-refractivity contribution < 1.29 is 9.53 Å². The van der Waals surface area contributed by atoms with Crippen molar-refractivity contribution in [1.29, 1.82) is 0 Å². The van der Waals surface area contributed by atoms with Gasteiger partial charge in [0.1, 0.15) is 0 Å². The van der Waals surface area contributed by atoms with Crippen molar-refractivity contribution in [2.45, 2.75) is 18.7 Å². The zero-order valence-electron chi connectivity index (χ0n) is 10.4. The van der Waals surface area contributed by atoms with E-state index in [9.17, 15) is 4.79 Å². The average molecular weight is 397 g/mol. The lowest BCUT2D eigenvalue weighted by Crippen LogP contribution is -2.26. The molecule has 0 radical (unpaired) electrons. The highest BCUT2D eigenvalue weighted by atomic mass is 127. The Morgan fingerprint density at radius 1 is 1.39 bits per heavy atom. The highest BCUT2D eigenvalue weighted by Gasteiger charge is 2.33. The number of methoxy groups -OCH3 is 1. The number of carbonyl (C=O) groups is 1. The second kappa shape index (κ2) is 6.82. The predicted molar refractivity (Wildman–Crippen MR) is 85.2 cm³/mol. The fourth-order valence-corrected chi connectivity index (χ4v) is 3.47. The fourth-order valence-electron chi connectivity index (χ4n) is 1.27. The molecule has 98 valence electrons. The first-order valence-electron chi connectivity index (χ1n) is 5.24. The van der Waals surface area contributed by atoms with Crippen molar-refractivity contribution in [3.63, 3.8) is 0 Å². The van der Waals surface area contributed by atoms with Gasteiger partial charge in [0.2, 0.25) is 0 Å². The van der Waals surface area contributed by atoms with Crippen LogP contribution in [0.4, 0.5) is 0 Å². The van der Waals surface area contributed by atoms with Crippen molar-refractivity contribution in [3.05, 3.63) is 38.3 Å². The molecule has 0 aromatic heterocycles. The van der Waals surface area contributed by atoms with Gasteiger partial charge in [-0.3, -0.25) is 4.79 Å². The maximum absolute atomic E-state index is 11.8. The Morgan fingerprint density at radius 2 is 1.94 bits per heavy atom. The van der Waals surface area contributed by atoms with Crippen LogP contribution in [0.15, 0.2) is 38.1 Å². The number of carbonyl (C=O) groups excluding carboxylic acids is 1. The smallest absolute Gasteiger partial charge is 0.316 e. The Hall–Kier alpha value is -0.200. The third-order valence-electron chi connectivity index (χ3n) is 2.45. The third-order valence-corrected chi connectivity index (χ3v) is 5.11. The molecule has 0 N–H and O–H groups in total. The molecular formula is C13H14ClIO2S. The molecule has 2 nitrogen and oxygen atoms in total. The molecule has 0 saturated carbocycles. The highest BCUT2D eigenvalue weighted by Crippen LogP contribution is 2.41. The van der Waals surface area contributed by atoms with E-state index in [0.29, 0.717) is 5.02 Å². The molecule has 0 amide bonds. The second-order valence-corrected chi connectivity index (χ2v) is 6.32. The number of rotatable bonds is 4. The molecule has 1 aromatic carbocycles. The predicted octanol–water partition coefficient (Wildman–Crippen LogP) is 4.91. The third kappa shape index (κ3) is 3.90. The van der Waals surface area contributed by atoms with Crippen molar-refractivity contribution in [3.8, 4) is 0 Å². The first-order chi connectivity index (χ1) is 8.41. The Bertz CT molecular complexity index is 455. The van der Waals surface area contributed by atoms with Crippen LogP contribution in [0, 0.1) is 5.41 Å². The summed E-state index contributed by atoms with van der Waals surface area (Å²) in [5.41, 5.74) is -0.653. The number of benzene rings is 1. The molecule has 0 aliphatic rings. The van der Waals surface area contributed by atoms with E-state index in [4.69, 9.17) is 16.3 Å². The SMILES string of the molecule is COC(=O)C(C)(C)/C(=C/I)Sc1ccc(Cl)cc1. The number of esters is 1. The van der Waals surface area contributed by atoms with Crippen molar-refractivity contribution in [2.24, 2.45) is 5.41 Å². The largest absolute Gasteiger partial charge is 0.468 e. The lowest BCUT2D eigenvalue weighted by atomic mass is 9.94. The van der Waals surface area contributed by atoms with Crippen LogP contribution in [0.25, 0.3) is 0 Å². The Morgan fingerprint density at radius 3 is 2.39 bits per heavy atom. The number of hydrogen-bond donors (Lipinski definition) is 0. The first-order valence-corrected chi connectivity index (χ1v) is 7.68. The van der Waals surface area contributed by atoms with Gasteiger partial charge in [0.15, 0.2) is 0 Å². The summed E-state index contributed by atoms with van der Waals surface area (Å²) in [6, 6.07) is 7.53. The molecule has 0 aliphatic carbocycles. The average Bonchev–Trinajstić information content (AvgIpc) is 2.36. The summed E-state index contributed by atoms with van der Waals surface area (Å²) in [4.78, 5) is 13.8. The number of halogens is 2. The minimum Gasteiger partial charge on any atom is -0.468 e. The van der Waals surface area contributed by atoms with Crippen molar-refractivity contribution in [1.82, 2.24) is 0 Å². The van der Waals surface area contributed by atoms with E-state index in [2.05, 4.69) is 22.6 Å². The molecule has 0 atom stereocenters. The lowest BCUT2D eigenvalue weighted by molar-refractivity contribution is -0.148. The standard InChI is InChI=1S/C13H14ClIO2S/c1-13(2,12(16)17-3)11(8-15)18-10-6-4-9(14)5-7-10/h4-8H,1-3H3/b11-8-. The summed E-state index contributed by atoms with van der Waals surface area (Å²) in [5.74, 6) is -0.244. The quantitative estimate of drug-likeness (QED) is 0.411. The number of hydrogen-bond acceptors (Lipinski definition) is 3. The molecule has 1 aromatic rings. The van der Waals surface area contributed by atoms with Crippen LogP contribution in [0.2, 0.25) is 5.02 Å². The van der Waals surface area contributed by atoms with Crippen LogP contribution < -0.4 is 0 Å². The number of ether oxygens (including phenoxy) is 1. The molecule has 0 spiro atoms. The molecule has 0 aliphatic heterocycles. The topological polar surface area (TPSA) is 26.3 Å².